The van der Waals surface area contributed by atoms with E-state index >= 15 is 0 Å². The van der Waals surface area contributed by atoms with Crippen molar-refractivity contribution in [3.63, 3.8) is 0 Å². The number of anilines is 3. The Morgan fingerprint density at radius 1 is 0.484 bits per heavy atom. The standard InChI is InChI=1S/C22H16N4O13S3.C13H13N3.C6H6/c27-17-5-2-11(41(34,35)36)8-15(17)23-25-19-13-4-1-10(40(31,32)33)7-14(13)20(22(30)21(19)29)26-24-16-9-12(42(37,38)39)3-6-18(16)28;14-13(15-11-7-3-1-4-8-11)16-12-9-5-2-6-10-12;1-2-4-6-5-3-1/h1-9,23-24,27-28H,(H,31,32,33)(H,34,35,36)(H,37,38,39);1-10H,(H3,14,15,16);1-6H. The average molecular weight is 930 g/mol. The molecule has 330 valence electrons. The Hall–Kier alpha value is -7.80. The Balaban J connectivity index is 0.000000284. The van der Waals surface area contributed by atoms with Crippen LogP contribution in [0.2, 0.25) is 0 Å². The molecule has 0 saturated carbocycles. The molecule has 64 heavy (non-hydrogen) atoms. The summed E-state index contributed by atoms with van der Waals surface area (Å²) in [6.45, 7) is 0. The monoisotopic (exact) mass is 929 g/mol. The van der Waals surface area contributed by atoms with Crippen LogP contribution in [0.5, 0.6) is 11.5 Å². The molecule has 0 fully saturated rings. The van der Waals surface area contributed by atoms with Crippen LogP contribution in [0, 0.1) is 0 Å². The number of aliphatic imine (C=N–C) groups is 1. The highest BCUT2D eigenvalue weighted by atomic mass is 32.2. The van der Waals surface area contributed by atoms with Crippen molar-refractivity contribution in [3.05, 3.63) is 183 Å². The van der Waals surface area contributed by atoms with Crippen LogP contribution in [-0.2, 0) is 30.4 Å². The molecule has 0 heterocycles. The SMILES string of the molecule is NC(=Nc1ccccc1)Nc1ccccc1.O=c1c(=O)c(=NNc2cc(S(=O)(=O)O)ccc2O)c2cc(S(=O)(=O)O)ccc2c1=NNc1cc(S(=O)(=O)O)ccc1O.c1ccccc1. The fourth-order valence-electron chi connectivity index (χ4n) is 5.25. The smallest absolute Gasteiger partial charge is 0.294 e. The molecule has 0 aliphatic carbocycles. The van der Waals surface area contributed by atoms with Crippen molar-refractivity contribution < 1.29 is 49.1 Å². The Kier molecular flexibility index (Phi) is 15.0. The normalized spacial score (nSPS) is 12.3. The van der Waals surface area contributed by atoms with E-state index in [9.17, 15) is 58.7 Å². The van der Waals surface area contributed by atoms with E-state index in [4.69, 9.17) is 5.73 Å². The quantitative estimate of drug-likeness (QED) is 0.0248. The molecule has 0 bridgehead atoms. The summed E-state index contributed by atoms with van der Waals surface area (Å²) in [7, 11) is -14.3. The number of rotatable bonds is 9. The highest BCUT2D eigenvalue weighted by Gasteiger charge is 2.18. The maximum atomic E-state index is 13.1. The fraction of sp³-hybridized carbons (Fsp3) is 0. The van der Waals surface area contributed by atoms with Gasteiger partial charge in [0.1, 0.15) is 22.2 Å². The molecular weight excluding hydrogens is 895 g/mol. The number of nitrogens with zero attached hydrogens (tertiary/aromatic N) is 3. The number of fused-ring (bicyclic) bond motifs is 1. The van der Waals surface area contributed by atoms with Gasteiger partial charge in [-0.15, -0.1) is 0 Å². The van der Waals surface area contributed by atoms with E-state index in [2.05, 4.69) is 31.4 Å². The van der Waals surface area contributed by atoms with E-state index in [1.807, 2.05) is 97.1 Å². The van der Waals surface area contributed by atoms with Crippen molar-refractivity contribution >= 4 is 69.8 Å². The summed E-state index contributed by atoms with van der Waals surface area (Å²) in [6.07, 6.45) is 0. The fourth-order valence-corrected chi connectivity index (χ4v) is 6.77. The summed E-state index contributed by atoms with van der Waals surface area (Å²) in [4.78, 5) is 28.2. The van der Waals surface area contributed by atoms with Gasteiger partial charge in [-0.05, 0) is 72.8 Å². The van der Waals surface area contributed by atoms with Gasteiger partial charge in [0, 0.05) is 16.5 Å². The van der Waals surface area contributed by atoms with E-state index in [0.29, 0.717) is 5.96 Å². The van der Waals surface area contributed by atoms with Gasteiger partial charge in [0.05, 0.1) is 31.7 Å². The zero-order valence-corrected chi connectivity index (χ0v) is 35.0. The largest absolute Gasteiger partial charge is 0.506 e. The third kappa shape index (κ3) is 12.9. The lowest BCUT2D eigenvalue weighted by Gasteiger charge is -2.07. The second kappa shape index (κ2) is 20.4. The van der Waals surface area contributed by atoms with Gasteiger partial charge >= 0.3 is 0 Å². The van der Waals surface area contributed by atoms with E-state index in [1.165, 1.54) is 0 Å². The first kappa shape index (κ1) is 47.3. The zero-order valence-electron chi connectivity index (χ0n) is 32.6. The van der Waals surface area contributed by atoms with Crippen molar-refractivity contribution in [2.24, 2.45) is 20.9 Å². The first-order chi connectivity index (χ1) is 30.2. The molecule has 20 nitrogen and oxygen atoms in total. The van der Waals surface area contributed by atoms with Crippen LogP contribution in [0.3, 0.4) is 0 Å². The van der Waals surface area contributed by atoms with E-state index < -0.39 is 94.9 Å². The van der Waals surface area contributed by atoms with Crippen LogP contribution in [0.1, 0.15) is 0 Å². The number of phenols is 2. The van der Waals surface area contributed by atoms with Crippen LogP contribution in [0.25, 0.3) is 10.8 Å². The zero-order chi connectivity index (χ0) is 46.7. The summed E-state index contributed by atoms with van der Waals surface area (Å²) in [5.74, 6) is -0.800. The lowest BCUT2D eigenvalue weighted by molar-refractivity contribution is 0.472. The number of para-hydroxylation sites is 2. The first-order valence-corrected chi connectivity index (χ1v) is 22.3. The Bertz CT molecular complexity index is 3380. The topological polar surface area (TPSA) is 337 Å². The number of benzene rings is 7. The molecular formula is C41H35N7O13S3. The second-order valence-electron chi connectivity index (χ2n) is 12.8. The predicted octanol–water partition coefficient (Wildman–Crippen LogP) is 3.87. The molecule has 0 radical (unpaired) electrons. The third-order valence-electron chi connectivity index (χ3n) is 8.26. The van der Waals surface area contributed by atoms with Gasteiger partial charge in [0.15, 0.2) is 5.96 Å². The number of aromatic hydroxyl groups is 2. The minimum atomic E-state index is -4.86. The summed E-state index contributed by atoms with van der Waals surface area (Å²) in [6, 6.07) is 38.9. The Morgan fingerprint density at radius 2 is 0.859 bits per heavy atom. The number of hydrogen-bond donors (Lipinski definition) is 9. The maximum absolute atomic E-state index is 13.1. The van der Waals surface area contributed by atoms with E-state index in [1.54, 1.807) is 0 Å². The Labute approximate surface area is 363 Å². The minimum Gasteiger partial charge on any atom is -0.506 e. The van der Waals surface area contributed by atoms with Crippen LogP contribution in [0.4, 0.5) is 22.7 Å². The molecule has 0 amide bonds. The summed E-state index contributed by atoms with van der Waals surface area (Å²) in [5, 5.41) is 28.4. The van der Waals surface area contributed by atoms with Crippen LogP contribution in [-0.4, -0.2) is 55.1 Å². The van der Waals surface area contributed by atoms with Crippen LogP contribution >= 0.6 is 0 Å². The van der Waals surface area contributed by atoms with Gasteiger partial charge < -0.3 is 21.3 Å². The number of guanidine groups is 1. The number of nitrogens with two attached hydrogens (primary N) is 1. The summed E-state index contributed by atoms with van der Waals surface area (Å²) in [5.41, 5.74) is 8.24. The molecule has 7 rings (SSSR count). The highest BCUT2D eigenvalue weighted by molar-refractivity contribution is 7.86. The molecule has 0 atom stereocenters. The minimum absolute atomic E-state index is 0.249. The molecule has 7 aromatic rings. The van der Waals surface area contributed by atoms with E-state index in [0.717, 1.165) is 66.0 Å². The molecule has 0 aliphatic heterocycles. The van der Waals surface area contributed by atoms with Gasteiger partial charge in [0.2, 0.25) is 0 Å². The predicted molar refractivity (Wildman–Crippen MR) is 237 cm³/mol. The van der Waals surface area contributed by atoms with Crippen molar-refractivity contribution in [2.45, 2.75) is 14.7 Å². The summed E-state index contributed by atoms with van der Waals surface area (Å²) >= 11 is 0. The molecule has 0 saturated heterocycles. The van der Waals surface area contributed by atoms with Crippen LogP contribution < -0.4 is 43.5 Å². The van der Waals surface area contributed by atoms with Gasteiger partial charge in [-0.25, -0.2) is 4.99 Å². The number of phenolic OH excluding ortho intramolecular Hbond substituents is 2. The molecule has 23 heteroatoms. The molecule has 0 unspecified atom stereocenters. The molecule has 0 aromatic heterocycles. The van der Waals surface area contributed by atoms with Crippen molar-refractivity contribution in [1.82, 2.24) is 0 Å². The van der Waals surface area contributed by atoms with Crippen molar-refractivity contribution in [2.75, 3.05) is 16.2 Å². The number of hydrogen-bond acceptors (Lipinski definition) is 15. The second-order valence-corrected chi connectivity index (χ2v) is 17.0. The average Bonchev–Trinajstić information content (AvgIpc) is 3.25. The van der Waals surface area contributed by atoms with Gasteiger partial charge in [0.25, 0.3) is 41.2 Å². The lowest BCUT2D eigenvalue weighted by Crippen LogP contribution is -2.48. The van der Waals surface area contributed by atoms with Gasteiger partial charge in [-0.2, -0.15) is 35.5 Å². The van der Waals surface area contributed by atoms with Crippen LogP contribution in [0.15, 0.2) is 191 Å². The third-order valence-corrected chi connectivity index (χ3v) is 10.8. The molecule has 0 aliphatic rings. The van der Waals surface area contributed by atoms with Gasteiger partial charge in [-0.3, -0.25) is 34.1 Å². The lowest BCUT2D eigenvalue weighted by atomic mass is 10.1. The Morgan fingerprint density at radius 3 is 1.30 bits per heavy atom. The van der Waals surface area contributed by atoms with Crippen molar-refractivity contribution in [3.8, 4) is 11.5 Å². The molecule has 7 aromatic carbocycles. The maximum Gasteiger partial charge on any atom is 0.294 e. The van der Waals surface area contributed by atoms with Gasteiger partial charge in [-0.1, -0.05) is 78.9 Å². The number of nitrogens with one attached hydrogen (secondary N) is 3. The van der Waals surface area contributed by atoms with E-state index in [-0.39, 0.29) is 5.39 Å². The van der Waals surface area contributed by atoms with Crippen molar-refractivity contribution in [1.29, 1.82) is 0 Å². The summed E-state index contributed by atoms with van der Waals surface area (Å²) < 4.78 is 97.2. The molecule has 10 N–H and O–H groups in total. The first-order valence-electron chi connectivity index (χ1n) is 17.9. The highest BCUT2D eigenvalue weighted by Crippen LogP contribution is 2.27. The molecule has 0 spiro atoms.